The first kappa shape index (κ1) is 16.4. The molecule has 4 nitrogen and oxygen atoms in total. The van der Waals surface area contributed by atoms with Crippen molar-refractivity contribution in [2.24, 2.45) is 10.5 Å². The van der Waals surface area contributed by atoms with Crippen LogP contribution in [0.2, 0.25) is 0 Å². The first-order chi connectivity index (χ1) is 10.4. The molecule has 2 atom stereocenters. The Morgan fingerprint density at radius 3 is 2.91 bits per heavy atom. The molecule has 1 amide bonds. The van der Waals surface area contributed by atoms with Crippen LogP contribution in [0.25, 0.3) is 4.85 Å². The van der Waals surface area contributed by atoms with Crippen LogP contribution in [0, 0.1) is 17.8 Å². The lowest BCUT2D eigenvalue weighted by Crippen LogP contribution is -2.40. The molecule has 0 saturated carbocycles. The van der Waals surface area contributed by atoms with E-state index in [2.05, 4.69) is 9.95 Å². The van der Waals surface area contributed by atoms with Crippen LogP contribution in [0.5, 0.6) is 0 Å². The van der Waals surface area contributed by atoms with Gasteiger partial charge in [-0.25, -0.2) is 14.2 Å². The molecule has 2 rings (SSSR count). The van der Waals surface area contributed by atoms with Gasteiger partial charge in [0.15, 0.2) is 5.69 Å². The quantitative estimate of drug-likeness (QED) is 0.602. The third-order valence-electron chi connectivity index (χ3n) is 4.05. The predicted octanol–water partition coefficient (Wildman–Crippen LogP) is 4.29. The molecule has 0 bridgehead atoms. The number of hydrogen-bond donors (Lipinski definition) is 0. The van der Waals surface area contributed by atoms with E-state index in [9.17, 15) is 9.18 Å². The van der Waals surface area contributed by atoms with E-state index >= 15 is 0 Å². The lowest BCUT2D eigenvalue weighted by molar-refractivity contribution is -0.142. The summed E-state index contributed by atoms with van der Waals surface area (Å²) in [7, 11) is 0. The number of hydrazone groups is 1. The Morgan fingerprint density at radius 2 is 2.32 bits per heavy atom. The van der Waals surface area contributed by atoms with Gasteiger partial charge >= 0.3 is 0 Å². The Morgan fingerprint density at radius 1 is 1.59 bits per heavy atom. The first-order valence-corrected chi connectivity index (χ1v) is 7.58. The average Bonchev–Trinajstić information content (AvgIpc) is 3.02. The third-order valence-corrected chi connectivity index (χ3v) is 4.64. The molecule has 116 valence electrons. The highest BCUT2D eigenvalue weighted by Crippen LogP contribution is 2.36. The number of halogens is 2. The molecule has 0 N–H and O–H groups in total. The molecule has 22 heavy (non-hydrogen) atoms. The molecule has 1 aliphatic rings. The van der Waals surface area contributed by atoms with Crippen molar-refractivity contribution < 1.29 is 9.18 Å². The third kappa shape index (κ3) is 2.97. The Labute approximate surface area is 134 Å². The summed E-state index contributed by atoms with van der Waals surface area (Å²) in [5.74, 6) is -0.479. The van der Waals surface area contributed by atoms with E-state index in [1.807, 2.05) is 6.92 Å². The standard InChI is InChI=1S/C16H17ClFN3O/c1-4-16(2,10-17)15(22)21-14(5-6-20-21)11-7-12(18)9-13(8-11)19-3/h6-9,14H,4-5,10H2,1-2H3. The van der Waals surface area contributed by atoms with E-state index in [0.717, 1.165) is 0 Å². The molecule has 0 aromatic heterocycles. The van der Waals surface area contributed by atoms with Gasteiger partial charge in [0.1, 0.15) is 5.82 Å². The number of carbonyl (C=O) groups is 1. The van der Waals surface area contributed by atoms with Crippen LogP contribution in [0.4, 0.5) is 10.1 Å². The predicted molar refractivity (Wildman–Crippen MR) is 84.5 cm³/mol. The van der Waals surface area contributed by atoms with Crippen molar-refractivity contribution in [2.45, 2.75) is 32.7 Å². The van der Waals surface area contributed by atoms with E-state index in [4.69, 9.17) is 18.2 Å². The zero-order valence-electron chi connectivity index (χ0n) is 12.5. The van der Waals surface area contributed by atoms with Gasteiger partial charge in [-0.1, -0.05) is 13.0 Å². The van der Waals surface area contributed by atoms with E-state index in [1.54, 1.807) is 19.2 Å². The molecule has 1 aromatic carbocycles. The smallest absolute Gasteiger partial charge is 0.250 e. The van der Waals surface area contributed by atoms with Crippen molar-refractivity contribution in [1.29, 1.82) is 0 Å². The van der Waals surface area contributed by atoms with Gasteiger partial charge in [-0.15, -0.1) is 11.6 Å². The second-order valence-corrected chi connectivity index (χ2v) is 5.87. The summed E-state index contributed by atoms with van der Waals surface area (Å²) in [6.45, 7) is 10.7. The molecule has 0 spiro atoms. The maximum Gasteiger partial charge on any atom is 0.250 e. The molecule has 0 saturated heterocycles. The number of amides is 1. The highest BCUT2D eigenvalue weighted by Gasteiger charge is 2.39. The van der Waals surface area contributed by atoms with E-state index in [-0.39, 0.29) is 17.5 Å². The van der Waals surface area contributed by atoms with E-state index in [1.165, 1.54) is 17.1 Å². The average molecular weight is 322 g/mol. The number of benzene rings is 1. The Bertz CT molecular complexity index is 649. The Balaban J connectivity index is 2.35. The highest BCUT2D eigenvalue weighted by molar-refractivity contribution is 6.19. The lowest BCUT2D eigenvalue weighted by Gasteiger charge is -2.31. The van der Waals surface area contributed by atoms with Crippen LogP contribution in [-0.2, 0) is 4.79 Å². The topological polar surface area (TPSA) is 37.0 Å². The van der Waals surface area contributed by atoms with Gasteiger partial charge in [-0.2, -0.15) is 5.10 Å². The van der Waals surface area contributed by atoms with Crippen LogP contribution in [0.15, 0.2) is 23.3 Å². The maximum atomic E-state index is 13.7. The van der Waals surface area contributed by atoms with Gasteiger partial charge in [-0.05, 0) is 31.0 Å². The van der Waals surface area contributed by atoms with Crippen molar-refractivity contribution >= 4 is 29.4 Å². The zero-order valence-corrected chi connectivity index (χ0v) is 13.3. The molecular weight excluding hydrogens is 305 g/mol. The summed E-state index contributed by atoms with van der Waals surface area (Å²) in [5.41, 5.74) is 0.0760. The summed E-state index contributed by atoms with van der Waals surface area (Å²) in [5, 5.41) is 5.51. The minimum Gasteiger partial charge on any atom is -0.272 e. The van der Waals surface area contributed by atoms with Crippen molar-refractivity contribution in [2.75, 3.05) is 5.88 Å². The summed E-state index contributed by atoms with van der Waals surface area (Å²) >= 11 is 5.95. The van der Waals surface area contributed by atoms with Crippen LogP contribution in [-0.4, -0.2) is 23.0 Å². The molecule has 1 aromatic rings. The molecule has 6 heteroatoms. The van der Waals surface area contributed by atoms with Crippen molar-refractivity contribution in [1.82, 2.24) is 5.01 Å². The van der Waals surface area contributed by atoms with Crippen molar-refractivity contribution in [3.8, 4) is 0 Å². The fourth-order valence-electron chi connectivity index (χ4n) is 2.32. The Kier molecular flexibility index (Phi) is 4.82. The minimum absolute atomic E-state index is 0.183. The fourth-order valence-corrected chi connectivity index (χ4v) is 2.62. The zero-order chi connectivity index (χ0) is 16.3. The van der Waals surface area contributed by atoms with E-state index in [0.29, 0.717) is 18.4 Å². The number of rotatable bonds is 4. The van der Waals surface area contributed by atoms with Gasteiger partial charge in [0.2, 0.25) is 5.91 Å². The van der Waals surface area contributed by atoms with Gasteiger partial charge in [0, 0.05) is 18.5 Å². The minimum atomic E-state index is -0.711. The molecule has 0 fully saturated rings. The first-order valence-electron chi connectivity index (χ1n) is 7.05. The van der Waals surface area contributed by atoms with Gasteiger partial charge in [0.25, 0.3) is 0 Å². The number of nitrogens with zero attached hydrogens (tertiary/aromatic N) is 3. The largest absolute Gasteiger partial charge is 0.272 e. The van der Waals surface area contributed by atoms with Gasteiger partial charge in [-0.3, -0.25) is 4.79 Å². The number of alkyl halides is 1. The van der Waals surface area contributed by atoms with Crippen LogP contribution >= 0.6 is 11.6 Å². The normalized spacial score (nSPS) is 19.8. The molecular formula is C16H17ClFN3O. The fraction of sp³-hybridized carbons (Fsp3) is 0.438. The summed E-state index contributed by atoms with van der Waals surface area (Å²) in [6.07, 6.45) is 2.72. The highest BCUT2D eigenvalue weighted by atomic mass is 35.5. The monoisotopic (exact) mass is 321 g/mol. The van der Waals surface area contributed by atoms with Crippen molar-refractivity contribution in [3.63, 3.8) is 0 Å². The number of hydrogen-bond acceptors (Lipinski definition) is 2. The lowest BCUT2D eigenvalue weighted by atomic mass is 9.88. The molecule has 0 aliphatic carbocycles. The molecule has 1 aliphatic heterocycles. The van der Waals surface area contributed by atoms with Gasteiger partial charge in [0.05, 0.1) is 18.0 Å². The molecule has 2 unspecified atom stereocenters. The van der Waals surface area contributed by atoms with Crippen LogP contribution in [0.3, 0.4) is 0 Å². The molecule has 0 radical (unpaired) electrons. The number of carbonyl (C=O) groups excluding carboxylic acids is 1. The summed E-state index contributed by atoms with van der Waals surface area (Å²) in [6, 6.07) is 3.73. The molecule has 1 heterocycles. The Hall–Kier alpha value is -1.93. The van der Waals surface area contributed by atoms with Crippen LogP contribution < -0.4 is 0 Å². The summed E-state index contributed by atoms with van der Waals surface area (Å²) < 4.78 is 13.7. The second-order valence-electron chi connectivity index (χ2n) is 5.60. The SMILES string of the molecule is [C-]#[N+]c1cc(F)cc(C2CC=NN2C(=O)C(C)(CC)CCl)c1. The summed E-state index contributed by atoms with van der Waals surface area (Å²) in [4.78, 5) is 16.0. The van der Waals surface area contributed by atoms with Gasteiger partial charge < -0.3 is 0 Å². The van der Waals surface area contributed by atoms with Crippen LogP contribution in [0.1, 0.15) is 38.3 Å². The van der Waals surface area contributed by atoms with E-state index < -0.39 is 17.3 Å². The maximum absolute atomic E-state index is 13.7. The second kappa shape index (κ2) is 6.45. The van der Waals surface area contributed by atoms with Crippen molar-refractivity contribution in [3.05, 3.63) is 41.0 Å².